The van der Waals surface area contributed by atoms with Gasteiger partial charge in [-0.2, -0.15) is 0 Å². The molecule has 2 heteroatoms. The van der Waals surface area contributed by atoms with Crippen LogP contribution in [0.5, 0.6) is 11.5 Å². The van der Waals surface area contributed by atoms with Crippen LogP contribution < -0.4 is 0 Å². The highest BCUT2D eigenvalue weighted by Gasteiger charge is 2.19. The number of aromatic hydroxyl groups is 2. The van der Waals surface area contributed by atoms with E-state index in [1.807, 2.05) is 93.6 Å². The van der Waals surface area contributed by atoms with Gasteiger partial charge in [0.05, 0.1) is 0 Å². The second kappa shape index (κ2) is 8.74. The van der Waals surface area contributed by atoms with Gasteiger partial charge in [-0.3, -0.25) is 0 Å². The number of phenolic OH excluding ortho intramolecular Hbond substituents is 2. The Morgan fingerprint density at radius 2 is 1.20 bits per heavy atom. The molecule has 3 aromatic carbocycles. The maximum Gasteiger partial charge on any atom is 0.166 e. The topological polar surface area (TPSA) is 40.5 Å². The van der Waals surface area contributed by atoms with Crippen molar-refractivity contribution < 1.29 is 10.2 Å². The minimum absolute atomic E-state index is 0.0942. The number of benzene rings is 3. The Kier molecular flexibility index (Phi) is 6.41. The molecule has 0 atom stereocenters. The molecule has 0 fully saturated rings. The first kappa shape index (κ1) is 18.3. The zero-order valence-electron chi connectivity index (χ0n) is 14.9. The first-order valence-corrected chi connectivity index (χ1v) is 8.55. The van der Waals surface area contributed by atoms with Gasteiger partial charge in [0.1, 0.15) is 0 Å². The quantitative estimate of drug-likeness (QED) is 0.538. The summed E-state index contributed by atoms with van der Waals surface area (Å²) in [4.78, 5) is 0. The molecular formula is C23H24O2. The zero-order chi connectivity index (χ0) is 18.2. The van der Waals surface area contributed by atoms with Crippen molar-refractivity contribution in [1.82, 2.24) is 0 Å². The van der Waals surface area contributed by atoms with E-state index in [0.29, 0.717) is 5.56 Å². The van der Waals surface area contributed by atoms with Crippen LogP contribution in [0.15, 0.2) is 72.8 Å². The molecule has 3 aromatic rings. The van der Waals surface area contributed by atoms with E-state index in [1.165, 1.54) is 0 Å². The Bertz CT molecular complexity index is 835. The molecule has 0 bridgehead atoms. The summed E-state index contributed by atoms with van der Waals surface area (Å²) >= 11 is 0. The Labute approximate surface area is 149 Å². The highest BCUT2D eigenvalue weighted by Crippen LogP contribution is 2.46. The Morgan fingerprint density at radius 1 is 0.720 bits per heavy atom. The van der Waals surface area contributed by atoms with Gasteiger partial charge in [-0.15, -0.1) is 0 Å². The Morgan fingerprint density at radius 3 is 1.68 bits per heavy atom. The molecule has 0 saturated carbocycles. The standard InChI is InChI=1S/C21H18O2.C2H6/c1-2-9-17-14-18(22)21(23)20(16-12-7-4-8-13-16)19(17)15-10-5-3-6-11-15;1-2/h2-14,22-23H,1H3;1-2H3. The van der Waals surface area contributed by atoms with E-state index in [0.717, 1.165) is 22.3 Å². The molecule has 0 aliphatic carbocycles. The highest BCUT2D eigenvalue weighted by molar-refractivity contribution is 5.94. The van der Waals surface area contributed by atoms with E-state index in [9.17, 15) is 10.2 Å². The maximum atomic E-state index is 10.5. The number of rotatable bonds is 3. The van der Waals surface area contributed by atoms with Crippen molar-refractivity contribution in [3.63, 3.8) is 0 Å². The van der Waals surface area contributed by atoms with Gasteiger partial charge < -0.3 is 10.2 Å². The van der Waals surface area contributed by atoms with Crippen LogP contribution in [0.3, 0.4) is 0 Å². The van der Waals surface area contributed by atoms with Crippen molar-refractivity contribution in [3.05, 3.63) is 78.4 Å². The maximum absolute atomic E-state index is 10.5. The number of hydrogen-bond acceptors (Lipinski definition) is 2. The van der Waals surface area contributed by atoms with Gasteiger partial charge in [-0.1, -0.05) is 86.7 Å². The summed E-state index contributed by atoms with van der Waals surface area (Å²) in [5, 5.41) is 20.7. The summed E-state index contributed by atoms with van der Waals surface area (Å²) in [5.74, 6) is -0.208. The summed E-state index contributed by atoms with van der Waals surface area (Å²) in [6, 6.07) is 21.1. The Hall–Kier alpha value is -3.00. The van der Waals surface area contributed by atoms with Crippen molar-refractivity contribution in [2.24, 2.45) is 0 Å². The lowest BCUT2D eigenvalue weighted by molar-refractivity contribution is 0.405. The summed E-state index contributed by atoms with van der Waals surface area (Å²) < 4.78 is 0. The molecular weight excluding hydrogens is 308 g/mol. The van der Waals surface area contributed by atoms with Crippen molar-refractivity contribution >= 4 is 6.08 Å². The molecule has 0 aliphatic heterocycles. The average molecular weight is 332 g/mol. The SMILES string of the molecule is CC.CC=Cc1cc(O)c(O)c(-c2ccccc2)c1-c1ccccc1. The Balaban J connectivity index is 0.00000109. The number of phenols is 2. The minimum Gasteiger partial charge on any atom is -0.504 e. The van der Waals surface area contributed by atoms with Gasteiger partial charge in [0, 0.05) is 11.1 Å². The predicted octanol–water partition coefficient (Wildman–Crippen LogP) is 6.49. The van der Waals surface area contributed by atoms with Crippen LogP contribution in [0.1, 0.15) is 26.3 Å². The van der Waals surface area contributed by atoms with Gasteiger partial charge in [0.15, 0.2) is 11.5 Å². The van der Waals surface area contributed by atoms with Crippen LogP contribution in [0, 0.1) is 0 Å². The van der Waals surface area contributed by atoms with Gasteiger partial charge >= 0.3 is 0 Å². The van der Waals surface area contributed by atoms with Gasteiger partial charge in [-0.05, 0) is 29.7 Å². The molecule has 0 aliphatic rings. The van der Waals surface area contributed by atoms with Gasteiger partial charge in [0.25, 0.3) is 0 Å². The largest absolute Gasteiger partial charge is 0.504 e. The molecule has 2 N–H and O–H groups in total. The van der Waals surface area contributed by atoms with Crippen LogP contribution in [0.25, 0.3) is 28.3 Å². The van der Waals surface area contributed by atoms with Gasteiger partial charge in [0.2, 0.25) is 0 Å². The van der Waals surface area contributed by atoms with Crippen molar-refractivity contribution in [2.45, 2.75) is 20.8 Å². The lowest BCUT2D eigenvalue weighted by Gasteiger charge is -2.17. The number of allylic oxidation sites excluding steroid dienone is 1. The van der Waals surface area contributed by atoms with Crippen molar-refractivity contribution in [1.29, 1.82) is 0 Å². The minimum atomic E-state index is -0.114. The monoisotopic (exact) mass is 332 g/mol. The van der Waals surface area contributed by atoms with Crippen LogP contribution in [0.4, 0.5) is 0 Å². The lowest BCUT2D eigenvalue weighted by atomic mass is 9.89. The number of hydrogen-bond donors (Lipinski definition) is 2. The summed E-state index contributed by atoms with van der Waals surface area (Å²) in [5.41, 5.74) is 4.28. The summed E-state index contributed by atoms with van der Waals surface area (Å²) in [7, 11) is 0. The van der Waals surface area contributed by atoms with E-state index < -0.39 is 0 Å². The second-order valence-electron chi connectivity index (χ2n) is 5.32. The molecule has 2 nitrogen and oxygen atoms in total. The first-order valence-electron chi connectivity index (χ1n) is 8.55. The van der Waals surface area contributed by atoms with Crippen LogP contribution in [-0.4, -0.2) is 10.2 Å². The smallest absolute Gasteiger partial charge is 0.166 e. The van der Waals surface area contributed by atoms with Crippen LogP contribution in [0.2, 0.25) is 0 Å². The van der Waals surface area contributed by atoms with E-state index in [1.54, 1.807) is 6.07 Å². The highest BCUT2D eigenvalue weighted by atomic mass is 16.3. The fraction of sp³-hybridized carbons (Fsp3) is 0.130. The van der Waals surface area contributed by atoms with Crippen molar-refractivity contribution in [2.75, 3.05) is 0 Å². The first-order chi connectivity index (χ1) is 12.2. The third-order valence-electron chi connectivity index (χ3n) is 3.78. The summed E-state index contributed by atoms with van der Waals surface area (Å²) in [6.45, 7) is 5.93. The predicted molar refractivity (Wildman–Crippen MR) is 107 cm³/mol. The fourth-order valence-corrected chi connectivity index (χ4v) is 2.79. The molecule has 0 spiro atoms. The zero-order valence-corrected chi connectivity index (χ0v) is 14.9. The van der Waals surface area contributed by atoms with E-state index in [-0.39, 0.29) is 11.5 Å². The third-order valence-corrected chi connectivity index (χ3v) is 3.78. The molecule has 128 valence electrons. The molecule has 0 unspecified atom stereocenters. The molecule has 0 heterocycles. The second-order valence-corrected chi connectivity index (χ2v) is 5.32. The fourth-order valence-electron chi connectivity index (χ4n) is 2.79. The van der Waals surface area contributed by atoms with Crippen LogP contribution >= 0.6 is 0 Å². The third kappa shape index (κ3) is 3.92. The molecule has 25 heavy (non-hydrogen) atoms. The van der Waals surface area contributed by atoms with Gasteiger partial charge in [-0.25, -0.2) is 0 Å². The summed E-state index contributed by atoms with van der Waals surface area (Å²) in [6.07, 6.45) is 3.86. The molecule has 3 rings (SSSR count). The molecule has 0 aromatic heterocycles. The van der Waals surface area contributed by atoms with E-state index in [4.69, 9.17) is 0 Å². The molecule has 0 saturated heterocycles. The molecule has 0 amide bonds. The normalized spacial score (nSPS) is 10.4. The van der Waals surface area contributed by atoms with E-state index >= 15 is 0 Å². The van der Waals surface area contributed by atoms with Crippen molar-refractivity contribution in [3.8, 4) is 33.8 Å². The molecule has 0 radical (unpaired) electrons. The average Bonchev–Trinajstić information content (AvgIpc) is 2.67. The van der Waals surface area contributed by atoms with E-state index in [2.05, 4.69) is 0 Å². The lowest BCUT2D eigenvalue weighted by Crippen LogP contribution is -1.91. The van der Waals surface area contributed by atoms with Crippen LogP contribution in [-0.2, 0) is 0 Å².